The second-order valence-corrected chi connectivity index (χ2v) is 5.53. The van der Waals surface area contributed by atoms with Crippen LogP contribution >= 0.6 is 0 Å². The number of rotatable bonds is 6. The second-order valence-electron chi connectivity index (χ2n) is 5.53. The summed E-state index contributed by atoms with van der Waals surface area (Å²) in [6, 6.07) is 8.66. The third-order valence-corrected chi connectivity index (χ3v) is 3.05. The average molecular weight is 278 g/mol. The molecular formula is C15H22N2O3. The van der Waals surface area contributed by atoms with Gasteiger partial charge in [-0.05, 0) is 39.2 Å². The molecule has 1 rings (SSSR count). The average Bonchev–Trinajstić information content (AvgIpc) is 2.37. The maximum atomic E-state index is 11.7. The number of benzene rings is 1. The van der Waals surface area contributed by atoms with E-state index in [9.17, 15) is 9.59 Å². The molecule has 0 radical (unpaired) electrons. The number of hydrogen-bond acceptors (Lipinski definition) is 2. The summed E-state index contributed by atoms with van der Waals surface area (Å²) >= 11 is 0. The van der Waals surface area contributed by atoms with Crippen LogP contribution in [0.3, 0.4) is 0 Å². The van der Waals surface area contributed by atoms with Crippen LogP contribution in [0.25, 0.3) is 0 Å². The number of carbonyl (C=O) groups is 2. The molecule has 2 amide bonds. The molecule has 0 aliphatic rings. The van der Waals surface area contributed by atoms with Crippen LogP contribution in [0.15, 0.2) is 30.3 Å². The number of nitrogens with one attached hydrogen (secondary N) is 2. The molecule has 5 nitrogen and oxygen atoms in total. The third kappa shape index (κ3) is 5.73. The lowest BCUT2D eigenvalue weighted by atomic mass is 9.95. The van der Waals surface area contributed by atoms with Crippen LogP contribution in [0.1, 0.15) is 32.8 Å². The van der Waals surface area contributed by atoms with E-state index in [4.69, 9.17) is 5.11 Å². The monoisotopic (exact) mass is 278 g/mol. The molecule has 0 bridgehead atoms. The molecular weight excluding hydrogens is 256 g/mol. The first-order valence-corrected chi connectivity index (χ1v) is 6.65. The van der Waals surface area contributed by atoms with Gasteiger partial charge in [-0.1, -0.05) is 30.3 Å². The van der Waals surface area contributed by atoms with E-state index in [2.05, 4.69) is 10.6 Å². The van der Waals surface area contributed by atoms with Crippen molar-refractivity contribution in [1.29, 1.82) is 0 Å². The van der Waals surface area contributed by atoms with Crippen molar-refractivity contribution in [2.45, 2.75) is 45.2 Å². The summed E-state index contributed by atoms with van der Waals surface area (Å²) in [5, 5.41) is 13.9. The van der Waals surface area contributed by atoms with Gasteiger partial charge in [-0.25, -0.2) is 4.79 Å². The summed E-state index contributed by atoms with van der Waals surface area (Å²) in [5.74, 6) is -1.05. The van der Waals surface area contributed by atoms with Crippen molar-refractivity contribution in [2.24, 2.45) is 0 Å². The quantitative estimate of drug-likeness (QED) is 0.746. The Balaban J connectivity index is 2.44. The molecule has 0 fully saturated rings. The predicted molar refractivity (Wildman–Crippen MR) is 77.6 cm³/mol. The zero-order chi connectivity index (χ0) is 15.2. The summed E-state index contributed by atoms with van der Waals surface area (Å²) in [4.78, 5) is 22.4. The van der Waals surface area contributed by atoms with E-state index < -0.39 is 23.6 Å². The molecule has 110 valence electrons. The summed E-state index contributed by atoms with van der Waals surface area (Å²) in [7, 11) is 0. The Labute approximate surface area is 119 Å². The van der Waals surface area contributed by atoms with Gasteiger partial charge >= 0.3 is 12.0 Å². The molecule has 1 atom stereocenters. The smallest absolute Gasteiger partial charge is 0.325 e. The van der Waals surface area contributed by atoms with Crippen molar-refractivity contribution < 1.29 is 14.7 Å². The molecule has 1 aromatic carbocycles. The largest absolute Gasteiger partial charge is 0.480 e. The fraction of sp³-hybridized carbons (Fsp3) is 0.467. The number of amides is 2. The highest BCUT2D eigenvalue weighted by Gasteiger charge is 2.22. The van der Waals surface area contributed by atoms with E-state index in [1.807, 2.05) is 44.2 Å². The van der Waals surface area contributed by atoms with Crippen molar-refractivity contribution >= 4 is 12.0 Å². The highest BCUT2D eigenvalue weighted by Crippen LogP contribution is 2.13. The molecule has 20 heavy (non-hydrogen) atoms. The Morgan fingerprint density at radius 1 is 1.25 bits per heavy atom. The molecule has 0 saturated carbocycles. The van der Waals surface area contributed by atoms with E-state index in [0.717, 1.165) is 12.8 Å². The van der Waals surface area contributed by atoms with Crippen molar-refractivity contribution in [3.05, 3.63) is 35.9 Å². The van der Waals surface area contributed by atoms with E-state index in [-0.39, 0.29) is 0 Å². The lowest BCUT2D eigenvalue weighted by molar-refractivity contribution is -0.138. The minimum atomic E-state index is -1.05. The molecule has 1 aromatic rings. The van der Waals surface area contributed by atoms with Gasteiger partial charge in [0.1, 0.15) is 6.04 Å². The minimum absolute atomic E-state index is 0.405. The predicted octanol–water partition coefficient (Wildman–Crippen LogP) is 2.17. The van der Waals surface area contributed by atoms with Gasteiger partial charge in [0.05, 0.1) is 0 Å². The van der Waals surface area contributed by atoms with E-state index in [1.54, 1.807) is 0 Å². The molecule has 0 spiro atoms. The van der Waals surface area contributed by atoms with Crippen LogP contribution in [-0.4, -0.2) is 28.7 Å². The highest BCUT2D eigenvalue weighted by molar-refractivity contribution is 5.82. The lowest BCUT2D eigenvalue weighted by Gasteiger charge is -2.27. The van der Waals surface area contributed by atoms with Crippen LogP contribution in [0, 0.1) is 0 Å². The van der Waals surface area contributed by atoms with E-state index in [1.165, 1.54) is 12.5 Å². The summed E-state index contributed by atoms with van der Waals surface area (Å²) < 4.78 is 0. The molecule has 3 N–H and O–H groups in total. The normalized spacial score (nSPS) is 12.6. The Kier molecular flexibility index (Phi) is 5.55. The van der Waals surface area contributed by atoms with Crippen molar-refractivity contribution in [2.75, 3.05) is 0 Å². The zero-order valence-electron chi connectivity index (χ0n) is 12.1. The van der Waals surface area contributed by atoms with Crippen LogP contribution in [-0.2, 0) is 11.2 Å². The Bertz CT molecular complexity index is 457. The van der Waals surface area contributed by atoms with Crippen molar-refractivity contribution in [3.8, 4) is 0 Å². The number of aryl methyl sites for hydroxylation is 1. The van der Waals surface area contributed by atoms with E-state index in [0.29, 0.717) is 0 Å². The van der Waals surface area contributed by atoms with Crippen molar-refractivity contribution in [3.63, 3.8) is 0 Å². The molecule has 0 aromatic heterocycles. The summed E-state index contributed by atoms with van der Waals surface area (Å²) in [6.07, 6.45) is 1.62. The first kappa shape index (κ1) is 16.0. The number of carboxylic acid groups (broad SMARTS) is 1. The SMILES string of the molecule is C[C@@H](NC(=O)NC(C)(C)CCc1ccccc1)C(=O)O. The van der Waals surface area contributed by atoms with Crippen LogP contribution in [0.2, 0.25) is 0 Å². The molecule has 0 unspecified atom stereocenters. The van der Waals surface area contributed by atoms with Gasteiger partial charge in [-0.2, -0.15) is 0 Å². The van der Waals surface area contributed by atoms with Crippen LogP contribution in [0.4, 0.5) is 4.79 Å². The van der Waals surface area contributed by atoms with Gasteiger partial charge in [-0.3, -0.25) is 4.79 Å². The first-order chi connectivity index (χ1) is 9.30. The zero-order valence-corrected chi connectivity index (χ0v) is 12.1. The number of urea groups is 1. The number of aliphatic carboxylic acids is 1. The van der Waals surface area contributed by atoms with Crippen LogP contribution < -0.4 is 10.6 Å². The third-order valence-electron chi connectivity index (χ3n) is 3.05. The fourth-order valence-corrected chi connectivity index (χ4v) is 1.77. The maximum Gasteiger partial charge on any atom is 0.325 e. The maximum absolute atomic E-state index is 11.7. The topological polar surface area (TPSA) is 78.4 Å². The standard InChI is InChI=1S/C15H22N2O3/c1-11(13(18)19)16-14(20)17-15(2,3)10-9-12-7-5-4-6-8-12/h4-8,11H,9-10H2,1-3H3,(H,18,19)(H2,16,17,20)/t11-/m1/s1. The Morgan fingerprint density at radius 3 is 2.40 bits per heavy atom. The fourth-order valence-electron chi connectivity index (χ4n) is 1.77. The van der Waals surface area contributed by atoms with Crippen LogP contribution in [0.5, 0.6) is 0 Å². The van der Waals surface area contributed by atoms with Gasteiger partial charge in [-0.15, -0.1) is 0 Å². The Morgan fingerprint density at radius 2 is 1.85 bits per heavy atom. The Hall–Kier alpha value is -2.04. The molecule has 0 heterocycles. The molecule has 0 saturated heterocycles. The second kappa shape index (κ2) is 6.93. The van der Waals surface area contributed by atoms with Crippen molar-refractivity contribution in [1.82, 2.24) is 10.6 Å². The molecule has 0 aliphatic heterocycles. The highest BCUT2D eigenvalue weighted by atomic mass is 16.4. The van der Waals surface area contributed by atoms with Gasteiger partial charge < -0.3 is 15.7 Å². The van der Waals surface area contributed by atoms with E-state index >= 15 is 0 Å². The van der Waals surface area contributed by atoms with Gasteiger partial charge in [0.15, 0.2) is 0 Å². The number of carboxylic acids is 1. The van der Waals surface area contributed by atoms with Gasteiger partial charge in [0, 0.05) is 5.54 Å². The lowest BCUT2D eigenvalue weighted by Crippen LogP contribution is -2.52. The molecule has 0 aliphatic carbocycles. The van der Waals surface area contributed by atoms with Gasteiger partial charge in [0.2, 0.25) is 0 Å². The molecule has 5 heteroatoms. The minimum Gasteiger partial charge on any atom is -0.480 e. The summed E-state index contributed by atoms with van der Waals surface area (Å²) in [6.45, 7) is 5.26. The van der Waals surface area contributed by atoms with Gasteiger partial charge in [0.25, 0.3) is 0 Å². The number of carbonyl (C=O) groups excluding carboxylic acids is 1. The number of hydrogen-bond donors (Lipinski definition) is 3. The summed E-state index contributed by atoms with van der Waals surface area (Å²) in [5.41, 5.74) is 0.805. The first-order valence-electron chi connectivity index (χ1n) is 6.65.